The van der Waals surface area contributed by atoms with Crippen molar-refractivity contribution in [1.82, 2.24) is 20.2 Å². The van der Waals surface area contributed by atoms with Crippen LogP contribution in [0.3, 0.4) is 0 Å². The highest BCUT2D eigenvalue weighted by molar-refractivity contribution is 6.03. The quantitative estimate of drug-likeness (QED) is 0.230. The number of aliphatic hydroxyl groups excluding tert-OH is 1. The first-order valence-corrected chi connectivity index (χ1v) is 14.2. The molecule has 0 radical (unpaired) electrons. The van der Waals surface area contributed by atoms with E-state index in [1.54, 1.807) is 17.0 Å². The molecule has 10 heteroatoms. The molecule has 1 fully saturated rings. The SMILES string of the molecule is C=C/C(F)=C(\C(F)=C/C)c1nc2c(c(Nc3ccccc3)n1)C(=O)NC2.C=C/C=C/O.CC.CC.CC1CCN(C)C1=O. The molecule has 2 aliphatic heterocycles. The smallest absolute Gasteiger partial charge is 0.257 e. The molecule has 1 atom stereocenters. The second-order valence-electron chi connectivity index (χ2n) is 8.48. The molecule has 3 N–H and O–H groups in total. The number of aromatic nitrogens is 2. The Balaban J connectivity index is 0.000000852. The van der Waals surface area contributed by atoms with Crippen LogP contribution in [0.4, 0.5) is 20.3 Å². The van der Waals surface area contributed by atoms with E-state index < -0.39 is 17.2 Å². The monoisotopic (exact) mass is 597 g/mol. The molecule has 1 saturated heterocycles. The van der Waals surface area contributed by atoms with Crippen molar-refractivity contribution in [3.63, 3.8) is 0 Å². The van der Waals surface area contributed by atoms with Crippen molar-refractivity contribution in [3.05, 3.63) is 103 Å². The van der Waals surface area contributed by atoms with E-state index in [1.807, 2.05) is 59.9 Å². The predicted molar refractivity (Wildman–Crippen MR) is 172 cm³/mol. The number of para-hydroxylation sites is 1. The maximum absolute atomic E-state index is 14.2. The van der Waals surface area contributed by atoms with E-state index >= 15 is 0 Å². The molecular weight excluding hydrogens is 552 g/mol. The molecule has 2 aromatic rings. The molecule has 2 amide bonds. The molecule has 234 valence electrons. The van der Waals surface area contributed by atoms with Gasteiger partial charge in [-0.05, 0) is 37.6 Å². The van der Waals surface area contributed by atoms with Crippen LogP contribution in [0.15, 0.2) is 85.7 Å². The molecule has 3 heterocycles. The minimum absolute atomic E-state index is 0.160. The molecule has 43 heavy (non-hydrogen) atoms. The van der Waals surface area contributed by atoms with Gasteiger partial charge in [-0.25, -0.2) is 18.7 Å². The molecule has 1 aromatic carbocycles. The summed E-state index contributed by atoms with van der Waals surface area (Å²) in [4.78, 5) is 33.1. The molecule has 0 aliphatic carbocycles. The number of nitrogens with one attached hydrogen (secondary N) is 2. The van der Waals surface area contributed by atoms with Gasteiger partial charge in [0.25, 0.3) is 5.91 Å². The van der Waals surface area contributed by atoms with Crippen molar-refractivity contribution in [2.24, 2.45) is 5.92 Å². The summed E-state index contributed by atoms with van der Waals surface area (Å²) in [6.07, 6.45) is 6.92. The Bertz CT molecular complexity index is 1280. The molecule has 2 aliphatic rings. The topological polar surface area (TPSA) is 107 Å². The van der Waals surface area contributed by atoms with E-state index in [0.717, 1.165) is 31.4 Å². The van der Waals surface area contributed by atoms with Gasteiger partial charge in [0.2, 0.25) is 5.91 Å². The number of anilines is 2. The van der Waals surface area contributed by atoms with Gasteiger partial charge < -0.3 is 20.6 Å². The number of carbonyl (C=O) groups is 2. The average Bonchev–Trinajstić information content (AvgIpc) is 3.56. The summed E-state index contributed by atoms with van der Waals surface area (Å²) < 4.78 is 28.4. The summed E-state index contributed by atoms with van der Waals surface area (Å²) >= 11 is 0. The fraction of sp³-hybridized carbons (Fsp3) is 0.333. The van der Waals surface area contributed by atoms with Crippen LogP contribution in [0, 0.1) is 5.92 Å². The van der Waals surface area contributed by atoms with Crippen molar-refractivity contribution in [2.75, 3.05) is 18.9 Å². The number of nitrogens with zero attached hydrogens (tertiary/aromatic N) is 3. The Morgan fingerprint density at radius 3 is 2.16 bits per heavy atom. The van der Waals surface area contributed by atoms with Gasteiger partial charge in [0.15, 0.2) is 5.82 Å². The second kappa shape index (κ2) is 21.2. The van der Waals surface area contributed by atoms with Crippen LogP contribution in [0.5, 0.6) is 0 Å². The van der Waals surface area contributed by atoms with Crippen molar-refractivity contribution in [1.29, 1.82) is 0 Å². The summed E-state index contributed by atoms with van der Waals surface area (Å²) in [7, 11) is 1.85. The zero-order valence-electron chi connectivity index (χ0n) is 26.2. The van der Waals surface area contributed by atoms with Crippen molar-refractivity contribution < 1.29 is 23.5 Å². The first-order valence-electron chi connectivity index (χ1n) is 14.2. The van der Waals surface area contributed by atoms with E-state index in [1.165, 1.54) is 19.1 Å². The Morgan fingerprint density at radius 1 is 1.12 bits per heavy atom. The Kier molecular flexibility index (Phi) is 18.9. The summed E-state index contributed by atoms with van der Waals surface area (Å²) in [5.74, 6) is -1.44. The fourth-order valence-corrected chi connectivity index (χ4v) is 3.62. The molecule has 0 saturated carbocycles. The van der Waals surface area contributed by atoms with Crippen LogP contribution in [-0.2, 0) is 11.3 Å². The zero-order valence-corrected chi connectivity index (χ0v) is 26.2. The number of allylic oxidation sites excluding steroid dienone is 7. The van der Waals surface area contributed by atoms with Crippen molar-refractivity contribution in [2.45, 2.75) is 54.5 Å². The minimum atomic E-state index is -0.886. The molecule has 8 nitrogen and oxygen atoms in total. The Morgan fingerprint density at radius 2 is 1.74 bits per heavy atom. The fourth-order valence-electron chi connectivity index (χ4n) is 3.62. The van der Waals surface area contributed by atoms with Gasteiger partial charge in [0, 0.05) is 25.2 Å². The summed E-state index contributed by atoms with van der Waals surface area (Å²) in [6.45, 7) is 19.2. The number of rotatable bonds is 6. The van der Waals surface area contributed by atoms with Gasteiger partial charge in [0.1, 0.15) is 23.0 Å². The third kappa shape index (κ3) is 11.7. The standard InChI is InChI=1S/C19H16F2N4O.C6H11NO.C4H6O.2C2H6/c1-3-12(20)15(13(21)4-2)17-24-14-10-22-19(26)16(14)18(25-17)23-11-8-6-5-7-9-11;1-5-3-4-7(2)6(5)8;1-2-3-4-5;2*1-2/h3-9H,1,10H2,2H3,(H,22,26)(H,23,24,25);5H,3-4H2,1-2H3;2-5H,1H2;2*1-2H3/b13-4+,15-12-;;4-3+;;. The van der Waals surface area contributed by atoms with E-state index in [2.05, 4.69) is 33.8 Å². The lowest BCUT2D eigenvalue weighted by atomic mass is 10.1. The molecule has 0 spiro atoms. The van der Waals surface area contributed by atoms with Crippen LogP contribution in [0.2, 0.25) is 0 Å². The largest absolute Gasteiger partial charge is 0.516 e. The van der Waals surface area contributed by atoms with E-state index in [9.17, 15) is 18.4 Å². The number of halogens is 2. The molecule has 1 aromatic heterocycles. The highest BCUT2D eigenvalue weighted by atomic mass is 19.1. The van der Waals surface area contributed by atoms with Crippen LogP contribution in [0.25, 0.3) is 5.57 Å². The van der Waals surface area contributed by atoms with E-state index in [4.69, 9.17) is 5.11 Å². The number of amides is 2. The first-order chi connectivity index (χ1) is 20.7. The van der Waals surface area contributed by atoms with Crippen LogP contribution >= 0.6 is 0 Å². The van der Waals surface area contributed by atoms with Crippen LogP contribution in [-0.4, -0.2) is 45.4 Å². The number of fused-ring (bicyclic) bond motifs is 1. The van der Waals surface area contributed by atoms with Crippen molar-refractivity contribution >= 4 is 28.9 Å². The summed E-state index contributed by atoms with van der Waals surface area (Å²) in [5.41, 5.74) is 0.912. The van der Waals surface area contributed by atoms with Crippen molar-refractivity contribution in [3.8, 4) is 0 Å². The highest BCUT2D eigenvalue weighted by Crippen LogP contribution is 2.31. The minimum Gasteiger partial charge on any atom is -0.516 e. The van der Waals surface area contributed by atoms with Crippen LogP contribution < -0.4 is 10.6 Å². The van der Waals surface area contributed by atoms with Gasteiger partial charge in [0.05, 0.1) is 24.1 Å². The molecular formula is C33H45F2N5O3. The number of likely N-dealkylation sites (tertiary alicyclic amines) is 1. The normalized spacial score (nSPS) is 15.5. The Hall–Kier alpha value is -4.60. The first kappa shape index (κ1) is 38.4. The van der Waals surface area contributed by atoms with Gasteiger partial charge in [-0.15, -0.1) is 0 Å². The number of hydrogen-bond acceptors (Lipinski definition) is 6. The third-order valence-corrected chi connectivity index (χ3v) is 5.72. The number of carbonyl (C=O) groups excluding carboxylic acids is 2. The molecule has 1 unspecified atom stereocenters. The van der Waals surface area contributed by atoms with Crippen LogP contribution in [0.1, 0.15) is 69.8 Å². The van der Waals surface area contributed by atoms with E-state index in [-0.39, 0.29) is 35.6 Å². The Labute approximate surface area is 254 Å². The summed E-state index contributed by atoms with van der Waals surface area (Å²) in [6, 6.07) is 9.04. The molecule has 4 rings (SSSR count). The van der Waals surface area contributed by atoms with Gasteiger partial charge >= 0.3 is 0 Å². The second-order valence-corrected chi connectivity index (χ2v) is 8.48. The zero-order chi connectivity index (χ0) is 32.9. The maximum atomic E-state index is 14.2. The average molecular weight is 598 g/mol. The summed E-state index contributed by atoms with van der Waals surface area (Å²) in [5, 5.41) is 13.5. The number of hydrogen-bond donors (Lipinski definition) is 3. The third-order valence-electron chi connectivity index (χ3n) is 5.72. The highest BCUT2D eigenvalue weighted by Gasteiger charge is 2.29. The lowest BCUT2D eigenvalue weighted by molar-refractivity contribution is -0.129. The molecule has 0 bridgehead atoms. The number of benzene rings is 1. The van der Waals surface area contributed by atoms with E-state index in [0.29, 0.717) is 17.3 Å². The lowest BCUT2D eigenvalue weighted by Gasteiger charge is -2.12. The van der Waals surface area contributed by atoms with Gasteiger partial charge in [-0.2, -0.15) is 0 Å². The predicted octanol–water partition coefficient (Wildman–Crippen LogP) is 7.98. The van der Waals surface area contributed by atoms with Gasteiger partial charge in [-0.3, -0.25) is 9.59 Å². The number of aliphatic hydroxyl groups is 1. The lowest BCUT2D eigenvalue weighted by Crippen LogP contribution is -2.21. The maximum Gasteiger partial charge on any atom is 0.257 e. The van der Waals surface area contributed by atoms with Gasteiger partial charge in [-0.1, -0.05) is 78.1 Å².